The van der Waals surface area contributed by atoms with Gasteiger partial charge in [0.15, 0.2) is 0 Å². The number of ether oxygens (including phenoxy) is 1. The Labute approximate surface area is 172 Å². The summed E-state index contributed by atoms with van der Waals surface area (Å²) in [5.74, 6) is -0.0283. The van der Waals surface area contributed by atoms with Crippen molar-refractivity contribution < 1.29 is 18.3 Å². The number of benzene rings is 2. The minimum atomic E-state index is -3.73. The number of hydrogen-bond acceptors (Lipinski definition) is 5. The Morgan fingerprint density at radius 3 is 2.52 bits per heavy atom. The Balaban J connectivity index is 1.85. The normalized spacial score (nSPS) is 22.5. The third kappa shape index (κ3) is 4.97. The van der Waals surface area contributed by atoms with Crippen molar-refractivity contribution in [1.82, 2.24) is 4.72 Å². The molecule has 0 spiro atoms. The molecule has 3 rings (SSSR count). The maximum Gasteiger partial charge on any atom is 0.299 e. The molecular weight excluding hydrogens is 388 g/mol. The molecule has 1 aliphatic heterocycles. The first kappa shape index (κ1) is 21.3. The van der Waals surface area contributed by atoms with Gasteiger partial charge in [0.05, 0.1) is 6.54 Å². The lowest BCUT2D eigenvalue weighted by molar-refractivity contribution is 0.0765. The van der Waals surface area contributed by atoms with E-state index in [1.807, 2.05) is 55.5 Å². The number of aliphatic hydroxyl groups excluding tert-OH is 1. The molecule has 1 saturated heterocycles. The number of nitrogens with one attached hydrogen (secondary N) is 1. The molecule has 2 N–H and O–H groups in total. The van der Waals surface area contributed by atoms with Gasteiger partial charge in [-0.2, -0.15) is 0 Å². The van der Waals surface area contributed by atoms with E-state index in [9.17, 15) is 13.5 Å². The first-order chi connectivity index (χ1) is 13.7. The van der Waals surface area contributed by atoms with Gasteiger partial charge < -0.3 is 9.84 Å². The van der Waals surface area contributed by atoms with Crippen molar-refractivity contribution in [1.29, 1.82) is 0 Å². The van der Waals surface area contributed by atoms with Crippen LogP contribution >= 0.6 is 0 Å². The topological polar surface area (TPSA) is 88.0 Å². The van der Waals surface area contributed by atoms with E-state index in [2.05, 4.69) is 9.71 Å². The van der Waals surface area contributed by atoms with E-state index < -0.39 is 20.9 Å². The molecule has 0 bridgehead atoms. The zero-order valence-corrected chi connectivity index (χ0v) is 17.8. The van der Waals surface area contributed by atoms with Crippen LogP contribution in [0, 0.1) is 6.92 Å². The highest BCUT2D eigenvalue weighted by Crippen LogP contribution is 2.38. The standard InChI is InChI=1S/C22H28N2O4S/c1-16-8-7-11-18(14-16)20-22(2,3)28-21(24-29(20,26)27)23-15-19(12-13-25)17-9-5-4-6-10-17/h4-11,14,19-20,25H,12-13,15H2,1-3H3,(H,23,24). The fourth-order valence-corrected chi connectivity index (χ4v) is 5.56. The van der Waals surface area contributed by atoms with Crippen molar-refractivity contribution in [2.45, 2.75) is 44.0 Å². The van der Waals surface area contributed by atoms with E-state index in [1.54, 1.807) is 19.9 Å². The van der Waals surface area contributed by atoms with Crippen molar-refractivity contribution in [2.75, 3.05) is 13.2 Å². The molecule has 0 amide bonds. The summed E-state index contributed by atoms with van der Waals surface area (Å²) in [6.07, 6.45) is 0.531. The maximum absolute atomic E-state index is 13.0. The van der Waals surface area contributed by atoms with Crippen LogP contribution in [0.4, 0.5) is 0 Å². The van der Waals surface area contributed by atoms with Gasteiger partial charge in [0, 0.05) is 12.5 Å². The SMILES string of the molecule is Cc1cccc(C2C(C)(C)OC(=NCC(CCO)c3ccccc3)NS2(=O)=O)c1. The molecule has 0 saturated carbocycles. The molecule has 156 valence electrons. The van der Waals surface area contributed by atoms with Crippen molar-refractivity contribution in [3.8, 4) is 0 Å². The number of hydrogen-bond donors (Lipinski definition) is 2. The Kier molecular flexibility index (Phi) is 6.29. The quantitative estimate of drug-likeness (QED) is 0.756. The van der Waals surface area contributed by atoms with Crippen LogP contribution in [0.5, 0.6) is 0 Å². The van der Waals surface area contributed by atoms with Gasteiger partial charge >= 0.3 is 0 Å². The highest BCUT2D eigenvalue weighted by atomic mass is 32.2. The highest BCUT2D eigenvalue weighted by molar-refractivity contribution is 7.90. The van der Waals surface area contributed by atoms with Crippen LogP contribution in [0.15, 0.2) is 59.6 Å². The Morgan fingerprint density at radius 2 is 1.90 bits per heavy atom. The second-order valence-corrected chi connectivity index (χ2v) is 9.68. The number of aliphatic imine (C=N–C) groups is 1. The van der Waals surface area contributed by atoms with Gasteiger partial charge in [-0.1, -0.05) is 60.2 Å². The first-order valence-corrected chi connectivity index (χ1v) is 11.2. The lowest BCUT2D eigenvalue weighted by atomic mass is 9.96. The van der Waals surface area contributed by atoms with Gasteiger partial charge in [0.2, 0.25) is 10.0 Å². The van der Waals surface area contributed by atoms with E-state index >= 15 is 0 Å². The van der Waals surface area contributed by atoms with Gasteiger partial charge in [-0.25, -0.2) is 18.1 Å². The van der Waals surface area contributed by atoms with Crippen LogP contribution in [0.3, 0.4) is 0 Å². The number of rotatable bonds is 6. The lowest BCUT2D eigenvalue weighted by Crippen LogP contribution is -2.53. The summed E-state index contributed by atoms with van der Waals surface area (Å²) in [5, 5.41) is 8.54. The molecule has 2 atom stereocenters. The number of nitrogens with zero attached hydrogens (tertiary/aromatic N) is 1. The Morgan fingerprint density at radius 1 is 1.17 bits per heavy atom. The van der Waals surface area contributed by atoms with Crippen LogP contribution in [-0.4, -0.2) is 38.3 Å². The van der Waals surface area contributed by atoms with Gasteiger partial charge in [0.25, 0.3) is 6.02 Å². The number of amidine groups is 1. The molecule has 0 aliphatic carbocycles. The monoisotopic (exact) mass is 416 g/mol. The molecule has 7 heteroatoms. The van der Waals surface area contributed by atoms with Crippen molar-refractivity contribution in [2.24, 2.45) is 4.99 Å². The van der Waals surface area contributed by atoms with Crippen LogP contribution in [0.1, 0.15) is 48.1 Å². The zero-order valence-electron chi connectivity index (χ0n) is 17.0. The number of aliphatic hydroxyl groups is 1. The summed E-state index contributed by atoms with van der Waals surface area (Å²) in [6, 6.07) is 17.2. The lowest BCUT2D eigenvalue weighted by Gasteiger charge is -2.39. The Hall–Kier alpha value is -2.38. The van der Waals surface area contributed by atoms with E-state index in [1.165, 1.54) is 0 Å². The average molecular weight is 417 g/mol. The highest BCUT2D eigenvalue weighted by Gasteiger charge is 2.48. The molecule has 2 aromatic rings. The third-order valence-corrected chi connectivity index (χ3v) is 7.00. The molecule has 29 heavy (non-hydrogen) atoms. The molecule has 0 radical (unpaired) electrons. The fraction of sp³-hybridized carbons (Fsp3) is 0.409. The van der Waals surface area contributed by atoms with Crippen molar-refractivity contribution in [3.05, 3.63) is 71.3 Å². The number of aryl methyl sites for hydroxylation is 1. The smallest absolute Gasteiger partial charge is 0.299 e. The van der Waals surface area contributed by atoms with Gasteiger partial charge in [-0.3, -0.25) is 0 Å². The number of sulfonamides is 1. The van der Waals surface area contributed by atoms with Crippen LogP contribution in [-0.2, 0) is 14.8 Å². The van der Waals surface area contributed by atoms with Crippen molar-refractivity contribution >= 4 is 16.0 Å². The van der Waals surface area contributed by atoms with Gasteiger partial charge in [-0.15, -0.1) is 0 Å². The largest absolute Gasteiger partial charge is 0.457 e. The molecule has 1 fully saturated rings. The van der Waals surface area contributed by atoms with Crippen LogP contribution in [0.2, 0.25) is 0 Å². The maximum atomic E-state index is 13.0. The van der Waals surface area contributed by atoms with E-state index in [0.29, 0.717) is 18.5 Å². The first-order valence-electron chi connectivity index (χ1n) is 9.70. The Bertz CT molecular complexity index is 971. The van der Waals surface area contributed by atoms with Crippen molar-refractivity contribution in [3.63, 3.8) is 0 Å². The summed E-state index contributed by atoms with van der Waals surface area (Å²) < 4.78 is 34.6. The molecule has 2 unspecified atom stereocenters. The predicted molar refractivity (Wildman–Crippen MR) is 114 cm³/mol. The van der Waals surface area contributed by atoms with E-state index in [4.69, 9.17) is 4.74 Å². The zero-order chi connectivity index (χ0) is 21.1. The molecule has 1 aliphatic rings. The van der Waals surface area contributed by atoms with Crippen LogP contribution in [0.25, 0.3) is 0 Å². The minimum Gasteiger partial charge on any atom is -0.457 e. The minimum absolute atomic E-state index is 0.00206. The second kappa shape index (κ2) is 8.55. The van der Waals surface area contributed by atoms with Gasteiger partial charge in [-0.05, 0) is 38.3 Å². The third-order valence-electron chi connectivity index (χ3n) is 5.08. The van der Waals surface area contributed by atoms with Gasteiger partial charge in [0.1, 0.15) is 10.9 Å². The van der Waals surface area contributed by atoms with E-state index in [-0.39, 0.29) is 18.5 Å². The summed E-state index contributed by atoms with van der Waals surface area (Å²) in [5.41, 5.74) is 1.73. The summed E-state index contributed by atoms with van der Waals surface area (Å²) in [4.78, 5) is 4.41. The fourth-order valence-electron chi connectivity index (χ4n) is 3.79. The average Bonchev–Trinajstić information content (AvgIpc) is 2.64. The molecule has 1 heterocycles. The summed E-state index contributed by atoms with van der Waals surface area (Å²) in [7, 11) is -3.73. The molecule has 2 aromatic carbocycles. The molecule has 6 nitrogen and oxygen atoms in total. The molecule has 0 aromatic heterocycles. The predicted octanol–water partition coefficient (Wildman–Crippen LogP) is 3.29. The second-order valence-electron chi connectivity index (χ2n) is 7.91. The summed E-state index contributed by atoms with van der Waals surface area (Å²) >= 11 is 0. The summed E-state index contributed by atoms with van der Waals surface area (Å²) in [6.45, 7) is 5.79. The van der Waals surface area contributed by atoms with E-state index in [0.717, 1.165) is 11.1 Å². The molecular formula is C22H28N2O4S. The van der Waals surface area contributed by atoms with Crippen LogP contribution < -0.4 is 4.72 Å².